The molecule has 4 aliphatic heterocycles. The molecule has 6 fully saturated rings. The van der Waals surface area contributed by atoms with Crippen LogP contribution in [0, 0.1) is 11.3 Å². The molecule has 2 aliphatic carbocycles. The number of hydrogen-bond donors (Lipinski definition) is 3. The van der Waals surface area contributed by atoms with E-state index in [1.54, 1.807) is 21.6 Å². The molecule has 4 aromatic rings. The summed E-state index contributed by atoms with van der Waals surface area (Å²) >= 11 is 0. The smallest absolute Gasteiger partial charge is 0.284 e. The third-order valence-electron chi connectivity index (χ3n) is 14.4. The van der Waals surface area contributed by atoms with Crippen molar-refractivity contribution in [1.29, 1.82) is 0 Å². The Labute approximate surface area is 357 Å². The number of hydrogen-bond acceptors (Lipinski definition) is 12. The van der Waals surface area contributed by atoms with E-state index in [0.29, 0.717) is 43.1 Å². The van der Waals surface area contributed by atoms with Crippen LogP contribution in [0.5, 0.6) is 5.75 Å². The molecule has 2 bridgehead atoms. The average Bonchev–Trinajstić information content (AvgIpc) is 4.06. The van der Waals surface area contributed by atoms with E-state index in [1.165, 1.54) is 6.20 Å². The number of aryl methyl sites for hydroxylation is 1. The van der Waals surface area contributed by atoms with E-state index >= 15 is 0 Å². The highest BCUT2D eigenvalue weighted by molar-refractivity contribution is 6.24. The fraction of sp³-hybridized carbons (Fsp3) is 0.568. The van der Waals surface area contributed by atoms with Crippen molar-refractivity contribution in [3.8, 4) is 5.75 Å². The fourth-order valence-electron chi connectivity index (χ4n) is 11.0. The zero-order chi connectivity index (χ0) is 42.7. The number of piperidine rings is 2. The van der Waals surface area contributed by atoms with E-state index in [2.05, 4.69) is 40.6 Å². The first kappa shape index (κ1) is 40.6. The maximum absolute atomic E-state index is 14.3. The van der Waals surface area contributed by atoms with Gasteiger partial charge in [-0.25, -0.2) is 18.7 Å². The first-order valence-electron chi connectivity index (χ1n) is 22.0. The summed E-state index contributed by atoms with van der Waals surface area (Å²) in [6.45, 7) is 4.47. The number of carbonyl (C=O) groups is 3. The normalized spacial score (nSPS) is 26.7. The van der Waals surface area contributed by atoms with Crippen molar-refractivity contribution in [2.75, 3.05) is 43.0 Å². The van der Waals surface area contributed by atoms with Crippen LogP contribution in [0.4, 0.5) is 20.3 Å². The van der Waals surface area contributed by atoms with Crippen LogP contribution in [0.25, 0.3) is 16.5 Å². The van der Waals surface area contributed by atoms with Gasteiger partial charge in [-0.2, -0.15) is 10.2 Å². The number of nitrogens with two attached hydrogens (primary N) is 1. The lowest BCUT2D eigenvalue weighted by Crippen LogP contribution is -2.51. The van der Waals surface area contributed by atoms with Crippen molar-refractivity contribution in [2.24, 2.45) is 24.1 Å². The van der Waals surface area contributed by atoms with E-state index in [0.717, 1.165) is 106 Å². The molecule has 0 radical (unpaired) electrons. The van der Waals surface area contributed by atoms with Gasteiger partial charge in [0.25, 0.3) is 12.3 Å². The van der Waals surface area contributed by atoms with Crippen LogP contribution in [-0.2, 0) is 26.2 Å². The summed E-state index contributed by atoms with van der Waals surface area (Å²) < 4.78 is 44.1. The third kappa shape index (κ3) is 7.79. The van der Waals surface area contributed by atoms with Gasteiger partial charge in [-0.3, -0.25) is 29.1 Å². The number of benzene rings is 1. The predicted octanol–water partition coefficient (Wildman–Crippen LogP) is 4.99. The number of aromatic nitrogens is 6. The molecule has 10 rings (SSSR count). The van der Waals surface area contributed by atoms with Crippen molar-refractivity contribution >= 4 is 45.7 Å². The Morgan fingerprint density at radius 3 is 2.61 bits per heavy atom. The standard InChI is InChI=1S/C44H53F2N11O5/c1-54-39(32-8-9-37(58)51-42(32)59)31-7-6-28(17-34(31)52-54)62-30-18-44(19-30)11-14-55(15-12-44)21-25-2-4-26(5-3-25)57-23-35(38(53-57)40(45)46)49-43(60)33(20-47)41-48-13-10-36(50-41)56-22-29-16-27(56)24-61-29/h6-7,10,13,17,20,23,25-27,29-30,32,40H,2-5,8-9,11-12,14-16,18-19,21-22,24,47H2,1H3,(H,49,60)(H,51,58,59)/t25?,26?,27-,29-,32?/m1/s1. The monoisotopic (exact) mass is 853 g/mol. The van der Waals surface area contributed by atoms with Gasteiger partial charge < -0.3 is 30.3 Å². The predicted molar refractivity (Wildman–Crippen MR) is 224 cm³/mol. The Morgan fingerprint density at radius 2 is 1.90 bits per heavy atom. The molecule has 3 amide bonds. The second-order valence-electron chi connectivity index (χ2n) is 18.3. The van der Waals surface area contributed by atoms with Gasteiger partial charge in [0.05, 0.1) is 59.3 Å². The number of carbonyl (C=O) groups excluding carboxylic acids is 3. The average molecular weight is 854 g/mol. The SMILES string of the molecule is Cn1nc2cc(OC3CC4(CCN(CC5CCC(n6cc(NC(=O)C(=CN)c7nccc(N8C[C@H]9C[C@@H]8CO9)n7)c(C(F)F)n6)CC5)CC4)C3)ccc2c1C1CCC(=O)NC1=O. The molecule has 2 saturated carbocycles. The number of imide groups is 1. The molecule has 1 spiro atoms. The fourth-order valence-corrected chi connectivity index (χ4v) is 11.0. The Kier molecular flexibility index (Phi) is 10.7. The first-order valence-corrected chi connectivity index (χ1v) is 22.0. The van der Waals surface area contributed by atoms with Gasteiger partial charge >= 0.3 is 0 Å². The zero-order valence-corrected chi connectivity index (χ0v) is 34.8. The van der Waals surface area contributed by atoms with Gasteiger partial charge in [0.1, 0.15) is 11.6 Å². The molecule has 3 atom stereocenters. The molecule has 1 aromatic carbocycles. The van der Waals surface area contributed by atoms with Crippen molar-refractivity contribution in [3.05, 3.63) is 60.1 Å². The maximum atomic E-state index is 14.3. The van der Waals surface area contributed by atoms with Crippen LogP contribution >= 0.6 is 0 Å². The molecule has 16 nitrogen and oxygen atoms in total. The van der Waals surface area contributed by atoms with Gasteiger partial charge in [-0.15, -0.1) is 0 Å². The number of nitrogens with one attached hydrogen (secondary N) is 2. The van der Waals surface area contributed by atoms with E-state index < -0.39 is 23.9 Å². The zero-order valence-electron chi connectivity index (χ0n) is 34.8. The molecule has 3 aromatic heterocycles. The second-order valence-corrected chi connectivity index (χ2v) is 18.3. The Balaban J connectivity index is 0.688. The second kappa shape index (κ2) is 16.3. The van der Waals surface area contributed by atoms with Crippen molar-refractivity contribution in [1.82, 2.24) is 39.7 Å². The molecule has 328 valence electrons. The Morgan fingerprint density at radius 1 is 1.10 bits per heavy atom. The number of nitrogens with zero attached hydrogens (tertiary/aromatic N) is 8. The van der Waals surface area contributed by atoms with Crippen molar-refractivity contribution in [3.63, 3.8) is 0 Å². The van der Waals surface area contributed by atoms with Gasteiger partial charge in [0, 0.05) is 56.6 Å². The minimum Gasteiger partial charge on any atom is -0.490 e. The van der Waals surface area contributed by atoms with Gasteiger partial charge in [-0.05, 0) is 107 Å². The molecule has 6 aliphatic rings. The van der Waals surface area contributed by atoms with Crippen LogP contribution in [0.1, 0.15) is 106 Å². The summed E-state index contributed by atoms with van der Waals surface area (Å²) in [4.78, 5) is 51.4. The van der Waals surface area contributed by atoms with Gasteiger partial charge in [0.2, 0.25) is 11.8 Å². The maximum Gasteiger partial charge on any atom is 0.284 e. The summed E-state index contributed by atoms with van der Waals surface area (Å²) in [5.74, 6) is 0.501. The molecule has 4 saturated heterocycles. The summed E-state index contributed by atoms with van der Waals surface area (Å²) in [7, 11) is 1.84. The number of morpholine rings is 1. The summed E-state index contributed by atoms with van der Waals surface area (Å²) in [6, 6.07) is 7.85. The van der Waals surface area contributed by atoms with Crippen molar-refractivity contribution in [2.45, 2.75) is 107 Å². The van der Waals surface area contributed by atoms with Gasteiger partial charge in [-0.1, -0.05) is 0 Å². The molecular weight excluding hydrogens is 801 g/mol. The summed E-state index contributed by atoms with van der Waals surface area (Å²) in [5.41, 5.74) is 7.27. The van der Waals surface area contributed by atoms with Crippen LogP contribution in [0.2, 0.25) is 0 Å². The number of ether oxygens (including phenoxy) is 2. The Bertz CT molecular complexity index is 2390. The topological polar surface area (TPSA) is 188 Å². The highest BCUT2D eigenvalue weighted by Gasteiger charge is 2.47. The number of rotatable bonds is 11. The largest absolute Gasteiger partial charge is 0.490 e. The highest BCUT2D eigenvalue weighted by Crippen LogP contribution is 2.51. The molecule has 62 heavy (non-hydrogen) atoms. The lowest BCUT2D eigenvalue weighted by atomic mass is 9.61. The minimum absolute atomic E-state index is 0.0153. The van der Waals surface area contributed by atoms with Crippen molar-refractivity contribution < 1.29 is 32.6 Å². The number of anilines is 2. The van der Waals surface area contributed by atoms with Crippen LogP contribution in [0.15, 0.2) is 42.9 Å². The van der Waals surface area contributed by atoms with E-state index in [9.17, 15) is 23.2 Å². The lowest BCUT2D eigenvalue weighted by molar-refractivity contribution is -0.134. The van der Waals surface area contributed by atoms with Crippen LogP contribution in [0.3, 0.4) is 0 Å². The number of alkyl halides is 2. The summed E-state index contributed by atoms with van der Waals surface area (Å²) in [5, 5.41) is 14.9. The Hall–Kier alpha value is -5.49. The molecule has 1 unspecified atom stereocenters. The minimum atomic E-state index is -2.88. The number of fused-ring (bicyclic) bond motifs is 3. The number of amides is 3. The molecular formula is C44H53F2N11O5. The van der Waals surface area contributed by atoms with Crippen LogP contribution in [-0.4, -0.2) is 103 Å². The highest BCUT2D eigenvalue weighted by atomic mass is 19.3. The number of halogens is 2. The molecule has 18 heteroatoms. The third-order valence-corrected chi connectivity index (χ3v) is 14.4. The van der Waals surface area contributed by atoms with E-state index in [-0.39, 0.29) is 53.2 Å². The van der Waals surface area contributed by atoms with E-state index in [1.807, 2.05) is 25.2 Å². The first-order chi connectivity index (χ1) is 30.0. The van der Waals surface area contributed by atoms with Crippen LogP contribution < -0.4 is 26.0 Å². The molecule has 7 heterocycles. The summed E-state index contributed by atoms with van der Waals surface area (Å²) in [6.07, 6.45) is 11.3. The number of likely N-dealkylation sites (tertiary alicyclic amines) is 1. The van der Waals surface area contributed by atoms with E-state index in [4.69, 9.17) is 15.2 Å². The lowest BCUT2D eigenvalue weighted by Gasteiger charge is -2.52. The quantitative estimate of drug-likeness (QED) is 0.136. The van der Waals surface area contributed by atoms with Gasteiger partial charge in [0.15, 0.2) is 11.5 Å². The molecule has 4 N–H and O–H groups in total.